The van der Waals surface area contributed by atoms with Gasteiger partial charge in [-0.3, -0.25) is 4.79 Å². The molecule has 2 N–H and O–H groups in total. The molecule has 0 bridgehead atoms. The smallest absolute Gasteiger partial charge is 0.317 e. The monoisotopic (exact) mass is 367 g/mol. The molecule has 3 amide bonds. The number of anilines is 1. The maximum Gasteiger partial charge on any atom is 0.317 e. The maximum atomic E-state index is 12.9. The van der Waals surface area contributed by atoms with Crippen molar-refractivity contribution in [2.75, 3.05) is 25.0 Å². The Kier molecular flexibility index (Phi) is 5.96. The number of benzene rings is 2. The molecule has 0 radical (unpaired) electrons. The van der Waals surface area contributed by atoms with E-state index in [0.717, 1.165) is 17.7 Å². The largest absolute Gasteiger partial charge is 0.508 e. The molecule has 0 spiro atoms. The van der Waals surface area contributed by atoms with Crippen LogP contribution in [0.1, 0.15) is 18.4 Å². The molecule has 0 aromatic heterocycles. The van der Waals surface area contributed by atoms with E-state index in [0.29, 0.717) is 25.9 Å². The number of nitrogens with zero attached hydrogens (tertiary/aromatic N) is 2. The summed E-state index contributed by atoms with van der Waals surface area (Å²) in [6.07, 6.45) is 2.13. The van der Waals surface area contributed by atoms with Crippen molar-refractivity contribution in [3.63, 3.8) is 0 Å². The molecule has 0 saturated carbocycles. The minimum Gasteiger partial charge on any atom is -0.508 e. The Bertz CT molecular complexity index is 794. The van der Waals surface area contributed by atoms with Crippen molar-refractivity contribution in [1.29, 1.82) is 0 Å². The summed E-state index contributed by atoms with van der Waals surface area (Å²) in [7, 11) is 1.67. The lowest BCUT2D eigenvalue weighted by molar-refractivity contribution is -0.123. The van der Waals surface area contributed by atoms with Crippen molar-refractivity contribution in [2.45, 2.75) is 25.3 Å². The summed E-state index contributed by atoms with van der Waals surface area (Å²) < 4.78 is 0. The lowest BCUT2D eigenvalue weighted by atomic mass is 10.0. The van der Waals surface area contributed by atoms with E-state index in [1.54, 1.807) is 30.1 Å². The Morgan fingerprint density at radius 2 is 2.00 bits per heavy atom. The van der Waals surface area contributed by atoms with Crippen LogP contribution in [0.5, 0.6) is 5.75 Å². The van der Waals surface area contributed by atoms with Crippen LogP contribution in [0.15, 0.2) is 54.6 Å². The Labute approximate surface area is 159 Å². The van der Waals surface area contributed by atoms with Gasteiger partial charge in [-0.25, -0.2) is 4.79 Å². The van der Waals surface area contributed by atoms with E-state index in [1.807, 2.05) is 36.4 Å². The predicted octanol–water partition coefficient (Wildman–Crippen LogP) is 2.77. The lowest BCUT2D eigenvalue weighted by Crippen LogP contribution is -2.55. The molecule has 6 heteroatoms. The third-order valence-electron chi connectivity index (χ3n) is 4.87. The van der Waals surface area contributed by atoms with Gasteiger partial charge in [0.25, 0.3) is 0 Å². The van der Waals surface area contributed by atoms with Crippen molar-refractivity contribution < 1.29 is 14.7 Å². The first-order chi connectivity index (χ1) is 13.1. The van der Waals surface area contributed by atoms with Crippen LogP contribution in [0.4, 0.5) is 10.5 Å². The number of aromatic hydroxyl groups is 1. The zero-order chi connectivity index (χ0) is 19.2. The Morgan fingerprint density at radius 3 is 2.74 bits per heavy atom. The second-order valence-corrected chi connectivity index (χ2v) is 6.75. The first-order valence-electron chi connectivity index (χ1n) is 9.21. The van der Waals surface area contributed by atoms with Crippen LogP contribution in [0.2, 0.25) is 0 Å². The molecule has 1 unspecified atom stereocenters. The number of phenolic OH excluding ortho intramolecular Hbond substituents is 1. The highest BCUT2D eigenvalue weighted by Gasteiger charge is 2.34. The molecule has 1 saturated heterocycles. The number of amides is 3. The van der Waals surface area contributed by atoms with E-state index in [4.69, 9.17) is 0 Å². The fraction of sp³-hybridized carbons (Fsp3) is 0.333. The molecule has 1 atom stereocenters. The van der Waals surface area contributed by atoms with E-state index in [-0.39, 0.29) is 17.7 Å². The number of para-hydroxylation sites is 1. The highest BCUT2D eigenvalue weighted by atomic mass is 16.3. The average Bonchev–Trinajstić information content (AvgIpc) is 2.68. The maximum absolute atomic E-state index is 12.9. The lowest BCUT2D eigenvalue weighted by Gasteiger charge is -2.36. The number of nitrogens with one attached hydrogen (secondary N) is 1. The third kappa shape index (κ3) is 4.58. The van der Waals surface area contributed by atoms with Gasteiger partial charge < -0.3 is 20.2 Å². The zero-order valence-corrected chi connectivity index (χ0v) is 15.5. The highest BCUT2D eigenvalue weighted by Crippen LogP contribution is 2.23. The molecule has 2 aromatic rings. The van der Waals surface area contributed by atoms with Gasteiger partial charge >= 0.3 is 6.03 Å². The van der Waals surface area contributed by atoms with E-state index in [9.17, 15) is 14.7 Å². The van der Waals surface area contributed by atoms with Gasteiger partial charge in [0.2, 0.25) is 5.91 Å². The van der Waals surface area contributed by atoms with Gasteiger partial charge in [0, 0.05) is 25.8 Å². The predicted molar refractivity (Wildman–Crippen MR) is 105 cm³/mol. The Balaban J connectivity index is 1.56. The molecule has 0 aliphatic carbocycles. The Hall–Kier alpha value is -3.02. The summed E-state index contributed by atoms with van der Waals surface area (Å²) in [5.41, 5.74) is 1.81. The molecule has 2 aromatic carbocycles. The van der Waals surface area contributed by atoms with Crippen molar-refractivity contribution in [2.24, 2.45) is 0 Å². The first-order valence-corrected chi connectivity index (χ1v) is 9.21. The zero-order valence-electron chi connectivity index (χ0n) is 15.5. The number of phenols is 1. The van der Waals surface area contributed by atoms with Crippen LogP contribution in [0, 0.1) is 0 Å². The summed E-state index contributed by atoms with van der Waals surface area (Å²) in [6, 6.07) is 15.8. The number of likely N-dealkylation sites (N-methyl/N-ethyl adjacent to an activating group) is 1. The quantitative estimate of drug-likeness (QED) is 0.853. The van der Waals surface area contributed by atoms with E-state index in [1.165, 1.54) is 4.90 Å². The van der Waals surface area contributed by atoms with Crippen molar-refractivity contribution in [1.82, 2.24) is 10.2 Å². The van der Waals surface area contributed by atoms with E-state index in [2.05, 4.69) is 5.32 Å². The van der Waals surface area contributed by atoms with Crippen molar-refractivity contribution in [3.05, 3.63) is 60.2 Å². The van der Waals surface area contributed by atoms with Gasteiger partial charge in [0.05, 0.1) is 0 Å². The van der Waals surface area contributed by atoms with Gasteiger partial charge in [0.15, 0.2) is 0 Å². The fourth-order valence-corrected chi connectivity index (χ4v) is 3.37. The molecular formula is C21H25N3O3. The summed E-state index contributed by atoms with van der Waals surface area (Å²) in [6.45, 7) is 1.11. The van der Waals surface area contributed by atoms with Crippen molar-refractivity contribution in [3.8, 4) is 5.75 Å². The van der Waals surface area contributed by atoms with Crippen LogP contribution in [-0.2, 0) is 11.2 Å². The molecule has 27 heavy (non-hydrogen) atoms. The summed E-state index contributed by atoms with van der Waals surface area (Å²) >= 11 is 0. The molecule has 1 aliphatic rings. The van der Waals surface area contributed by atoms with E-state index < -0.39 is 6.04 Å². The minimum atomic E-state index is -0.459. The number of urea groups is 1. The van der Waals surface area contributed by atoms with Crippen LogP contribution in [-0.4, -0.2) is 48.1 Å². The minimum absolute atomic E-state index is 0.0434. The normalized spacial score (nSPS) is 16.9. The van der Waals surface area contributed by atoms with Gasteiger partial charge in [0.1, 0.15) is 11.8 Å². The summed E-state index contributed by atoms with van der Waals surface area (Å²) in [4.78, 5) is 28.6. The van der Waals surface area contributed by atoms with Crippen molar-refractivity contribution >= 4 is 17.6 Å². The molecule has 1 fully saturated rings. The molecule has 6 nitrogen and oxygen atoms in total. The number of carbonyl (C=O) groups is 2. The SMILES string of the molecule is CN(C(=O)NCCc1cccc(O)c1)C1CCCN(c2ccccc2)C1=O. The van der Waals surface area contributed by atoms with Crippen LogP contribution >= 0.6 is 0 Å². The Morgan fingerprint density at radius 1 is 1.22 bits per heavy atom. The second-order valence-electron chi connectivity index (χ2n) is 6.75. The molecule has 1 heterocycles. The van der Waals surface area contributed by atoms with Gasteiger partial charge in [-0.1, -0.05) is 30.3 Å². The second kappa shape index (κ2) is 8.58. The highest BCUT2D eigenvalue weighted by molar-refractivity contribution is 5.99. The standard InChI is InChI=1S/C21H25N3O3/c1-23(21(27)22-13-12-16-7-5-10-18(25)15-16)19-11-6-14-24(20(19)26)17-8-3-2-4-9-17/h2-5,7-10,15,19,25H,6,11-14H2,1H3,(H,22,27). The van der Waals surface area contributed by atoms with Crippen LogP contribution < -0.4 is 10.2 Å². The number of hydrogen-bond donors (Lipinski definition) is 2. The number of piperidine rings is 1. The van der Waals surface area contributed by atoms with Crippen LogP contribution in [0.25, 0.3) is 0 Å². The number of carbonyl (C=O) groups excluding carboxylic acids is 2. The molecule has 1 aliphatic heterocycles. The molecule has 142 valence electrons. The topological polar surface area (TPSA) is 72.9 Å². The number of hydrogen-bond acceptors (Lipinski definition) is 3. The number of rotatable bonds is 5. The third-order valence-corrected chi connectivity index (χ3v) is 4.87. The van der Waals surface area contributed by atoms with Gasteiger partial charge in [-0.05, 0) is 49.1 Å². The fourth-order valence-electron chi connectivity index (χ4n) is 3.37. The van der Waals surface area contributed by atoms with E-state index >= 15 is 0 Å². The first kappa shape index (κ1) is 18.8. The molecule has 3 rings (SSSR count). The van der Waals surface area contributed by atoms with Gasteiger partial charge in [-0.15, -0.1) is 0 Å². The van der Waals surface area contributed by atoms with Crippen LogP contribution in [0.3, 0.4) is 0 Å². The van der Waals surface area contributed by atoms with Gasteiger partial charge in [-0.2, -0.15) is 0 Å². The molecular weight excluding hydrogens is 342 g/mol. The summed E-state index contributed by atoms with van der Waals surface area (Å²) in [5, 5.41) is 12.3. The average molecular weight is 367 g/mol. The summed E-state index contributed by atoms with van der Waals surface area (Å²) in [5.74, 6) is 0.169.